The van der Waals surface area contributed by atoms with E-state index < -0.39 is 0 Å². The largest absolute Gasteiger partial charge is 1.00 e. The second kappa shape index (κ2) is 23.7. The Bertz CT molecular complexity index is 1280. The summed E-state index contributed by atoms with van der Waals surface area (Å²) >= 11 is 0. The lowest BCUT2D eigenvalue weighted by atomic mass is 9.97. The molecule has 0 saturated heterocycles. The second-order valence-electron chi connectivity index (χ2n) is 13.3. The van der Waals surface area contributed by atoms with Gasteiger partial charge >= 0.3 is 0 Å². The van der Waals surface area contributed by atoms with Crippen molar-refractivity contribution >= 4 is 11.8 Å². The number of carbonyl (C=O) groups excluding carboxylic acids is 2. The average Bonchev–Trinajstić information content (AvgIpc) is 2.98. The predicted molar refractivity (Wildman–Crippen MR) is 190 cm³/mol. The minimum Gasteiger partial charge on any atom is -1.00 e. The van der Waals surface area contributed by atoms with Crippen LogP contribution >= 0.6 is 0 Å². The highest BCUT2D eigenvalue weighted by atomic mass is 79.9. The lowest BCUT2D eigenvalue weighted by molar-refractivity contribution is -0.882. The summed E-state index contributed by atoms with van der Waals surface area (Å²) in [6.07, 6.45) is 9.07. The highest BCUT2D eigenvalue weighted by Gasteiger charge is 2.20. The molecule has 8 nitrogen and oxygen atoms in total. The van der Waals surface area contributed by atoms with Crippen LogP contribution in [0.5, 0.6) is 11.5 Å². The Labute approximate surface area is 311 Å². The van der Waals surface area contributed by atoms with Crippen molar-refractivity contribution in [3.8, 4) is 22.6 Å². The van der Waals surface area contributed by atoms with Gasteiger partial charge in [-0.2, -0.15) is 0 Å². The molecule has 0 bridgehead atoms. The maximum atomic E-state index is 12.0. The Balaban J connectivity index is 0.0000110. The number of benzene rings is 2. The Morgan fingerprint density at radius 1 is 0.708 bits per heavy atom. The van der Waals surface area contributed by atoms with Crippen LogP contribution in [-0.2, 0) is 22.4 Å². The first-order valence-corrected chi connectivity index (χ1v) is 16.8. The van der Waals surface area contributed by atoms with E-state index in [1.807, 2.05) is 26.0 Å². The van der Waals surface area contributed by atoms with Crippen LogP contribution in [0, 0.1) is 0 Å². The fraction of sp³-hybridized carbons (Fsp3) is 0.526. The molecule has 0 heterocycles. The number of nitrogens with one attached hydrogen (secondary N) is 2. The summed E-state index contributed by atoms with van der Waals surface area (Å²) in [5, 5.41) is 5.78. The van der Waals surface area contributed by atoms with Crippen molar-refractivity contribution in [2.24, 2.45) is 0 Å². The van der Waals surface area contributed by atoms with Gasteiger partial charge in [-0.1, -0.05) is 24.3 Å². The number of halogens is 2. The van der Waals surface area contributed by atoms with Gasteiger partial charge in [-0.15, -0.1) is 13.2 Å². The summed E-state index contributed by atoms with van der Waals surface area (Å²) in [4.78, 5) is 24.0. The van der Waals surface area contributed by atoms with Gasteiger partial charge in [0.2, 0.25) is 0 Å². The van der Waals surface area contributed by atoms with E-state index in [4.69, 9.17) is 9.47 Å². The summed E-state index contributed by atoms with van der Waals surface area (Å²) in [5.74, 6) is 1.91. The number of likely N-dealkylation sites (N-methyl/N-ethyl adjacent to an activating group) is 4. The minimum atomic E-state index is 0. The van der Waals surface area contributed by atoms with Crippen molar-refractivity contribution in [2.45, 2.75) is 52.4 Å². The average molecular weight is 797 g/mol. The maximum Gasteiger partial charge on any atom is 0.275 e. The highest BCUT2D eigenvalue weighted by molar-refractivity contribution is 5.77. The van der Waals surface area contributed by atoms with Gasteiger partial charge in [0.15, 0.2) is 13.1 Å². The van der Waals surface area contributed by atoms with Crippen LogP contribution < -0.4 is 54.1 Å². The molecule has 2 aromatic carbocycles. The van der Waals surface area contributed by atoms with E-state index in [-0.39, 0.29) is 45.8 Å². The molecule has 2 amide bonds. The minimum absolute atomic E-state index is 0. The number of nitrogens with zero attached hydrogens (tertiary/aromatic N) is 2. The zero-order valence-corrected chi connectivity index (χ0v) is 33.4. The topological polar surface area (TPSA) is 76.7 Å². The number of hydrogen-bond acceptors (Lipinski definition) is 4. The molecule has 0 radical (unpaired) electrons. The van der Waals surface area contributed by atoms with E-state index in [0.29, 0.717) is 54.8 Å². The van der Waals surface area contributed by atoms with Crippen molar-refractivity contribution < 1.29 is 62.0 Å². The maximum absolute atomic E-state index is 12.0. The number of carbonyl (C=O) groups is 2. The Hall–Kier alpha value is -2.66. The van der Waals surface area contributed by atoms with Gasteiger partial charge in [0, 0.05) is 18.7 Å². The molecule has 48 heavy (non-hydrogen) atoms. The van der Waals surface area contributed by atoms with Crippen molar-refractivity contribution in [3.63, 3.8) is 0 Å². The summed E-state index contributed by atoms with van der Waals surface area (Å²) in [6.45, 7) is 17.1. The molecule has 2 rings (SSSR count). The summed E-state index contributed by atoms with van der Waals surface area (Å²) in [5.41, 5.74) is 4.40. The Kier molecular flexibility index (Phi) is 22.3. The smallest absolute Gasteiger partial charge is 0.275 e. The molecular weight excluding hydrogens is 736 g/mol. The highest BCUT2D eigenvalue weighted by Crippen LogP contribution is 2.35. The van der Waals surface area contributed by atoms with Crippen LogP contribution in [0.1, 0.15) is 50.7 Å². The Morgan fingerprint density at radius 3 is 1.71 bits per heavy atom. The van der Waals surface area contributed by atoms with Gasteiger partial charge in [-0.05, 0) is 93.3 Å². The number of allylic oxidation sites excluding steroid dienone is 2. The molecule has 0 aliphatic carbocycles. The molecule has 0 aromatic heterocycles. The van der Waals surface area contributed by atoms with E-state index in [1.54, 1.807) is 0 Å². The lowest BCUT2D eigenvalue weighted by Crippen LogP contribution is -3.00. The van der Waals surface area contributed by atoms with E-state index in [2.05, 4.69) is 88.4 Å². The van der Waals surface area contributed by atoms with Gasteiger partial charge in [0.1, 0.15) is 11.5 Å². The molecule has 0 aliphatic heterocycles. The second-order valence-corrected chi connectivity index (χ2v) is 13.3. The normalized spacial score (nSPS) is 11.0. The standard InChI is InChI=1S/C38H58N4O4.2BrH/c1-9-17-31-19-21-36(46-26-16-14-24-42(7,8)30-38(44)40-12-4)34(27-31)32-20-22-35(33(28-32)18-10-2)45-25-15-13-23-41(5,6)29-37(43)39-11-3;;/h9-10,19-22,27-28H,1-2,11-18,23-26,29-30H2,3-8H3;2*1H. The first kappa shape index (κ1) is 45.3. The summed E-state index contributed by atoms with van der Waals surface area (Å²) in [7, 11) is 8.38. The van der Waals surface area contributed by atoms with E-state index in [9.17, 15) is 9.59 Å². The van der Waals surface area contributed by atoms with Crippen molar-refractivity contribution in [2.75, 3.05) is 80.7 Å². The van der Waals surface area contributed by atoms with E-state index in [0.717, 1.165) is 73.4 Å². The molecule has 0 spiro atoms. The molecule has 2 N–H and O–H groups in total. The molecular formula is C38H60Br2N4O4. The molecule has 0 atom stereocenters. The molecule has 0 unspecified atom stereocenters. The van der Waals surface area contributed by atoms with Crippen LogP contribution in [0.15, 0.2) is 61.7 Å². The molecule has 10 heteroatoms. The number of unbranched alkanes of at least 4 members (excludes halogenated alkanes) is 2. The summed E-state index contributed by atoms with van der Waals surface area (Å²) in [6, 6.07) is 12.7. The quantitative estimate of drug-likeness (QED) is 0.0911. The van der Waals surface area contributed by atoms with Crippen LogP contribution in [0.2, 0.25) is 0 Å². The third-order valence-corrected chi connectivity index (χ3v) is 7.88. The lowest BCUT2D eigenvalue weighted by Gasteiger charge is -2.29. The zero-order chi connectivity index (χ0) is 34.0. The van der Waals surface area contributed by atoms with Crippen LogP contribution in [-0.4, -0.2) is 101 Å². The van der Waals surface area contributed by atoms with Crippen molar-refractivity contribution in [1.82, 2.24) is 10.6 Å². The third-order valence-electron chi connectivity index (χ3n) is 7.88. The molecule has 270 valence electrons. The SMILES string of the molecule is C=CCc1ccc(OCCCC[N+](C)(C)CC(=O)NCC)c(-c2ccc(OCCCC[N+](C)(C)CC(=O)NCC)c(CC=C)c2)c1.[Br-].[Br-]. The van der Waals surface area contributed by atoms with Gasteiger partial charge in [0.05, 0.1) is 54.5 Å². The van der Waals surface area contributed by atoms with Gasteiger partial charge in [-0.25, -0.2) is 0 Å². The molecule has 0 fully saturated rings. The summed E-state index contributed by atoms with van der Waals surface area (Å²) < 4.78 is 13.9. The van der Waals surface area contributed by atoms with Gasteiger partial charge < -0.3 is 63.0 Å². The Morgan fingerprint density at radius 2 is 1.21 bits per heavy atom. The van der Waals surface area contributed by atoms with Crippen molar-refractivity contribution in [1.29, 1.82) is 0 Å². The van der Waals surface area contributed by atoms with Gasteiger partial charge in [-0.3, -0.25) is 9.59 Å². The van der Waals surface area contributed by atoms with Crippen LogP contribution in [0.3, 0.4) is 0 Å². The van der Waals surface area contributed by atoms with Crippen LogP contribution in [0.25, 0.3) is 11.1 Å². The van der Waals surface area contributed by atoms with Crippen LogP contribution in [0.4, 0.5) is 0 Å². The molecule has 0 saturated carbocycles. The fourth-order valence-corrected chi connectivity index (χ4v) is 5.51. The van der Waals surface area contributed by atoms with Crippen molar-refractivity contribution in [3.05, 3.63) is 72.8 Å². The number of hydrogen-bond donors (Lipinski definition) is 2. The molecule has 2 aromatic rings. The number of amides is 2. The predicted octanol–water partition coefficient (Wildman–Crippen LogP) is -0.438. The third kappa shape index (κ3) is 17.1. The first-order chi connectivity index (χ1) is 21.9. The molecule has 0 aliphatic rings. The number of ether oxygens (including phenoxy) is 2. The monoisotopic (exact) mass is 794 g/mol. The fourth-order valence-electron chi connectivity index (χ4n) is 5.51. The zero-order valence-electron chi connectivity index (χ0n) is 30.2. The first-order valence-electron chi connectivity index (χ1n) is 16.8. The number of quaternary nitrogens is 2. The van der Waals surface area contributed by atoms with E-state index >= 15 is 0 Å². The van der Waals surface area contributed by atoms with Gasteiger partial charge in [0.25, 0.3) is 11.8 Å². The number of rotatable bonds is 23. The van der Waals surface area contributed by atoms with E-state index in [1.165, 1.54) is 5.56 Å².